The second-order valence-electron chi connectivity index (χ2n) is 3.19. The van der Waals surface area contributed by atoms with E-state index < -0.39 is 0 Å². The van der Waals surface area contributed by atoms with Crippen LogP contribution in [0.4, 0.5) is 0 Å². The van der Waals surface area contributed by atoms with Gasteiger partial charge in [-0.3, -0.25) is 4.79 Å². The molecule has 2 heteroatoms. The monoisotopic (exact) mass is 183 g/mol. The van der Waals surface area contributed by atoms with Gasteiger partial charge in [0.05, 0.1) is 0 Å². The van der Waals surface area contributed by atoms with Crippen molar-refractivity contribution in [2.45, 2.75) is 39.5 Å². The molecule has 2 nitrogen and oxygen atoms in total. The Balaban J connectivity index is 3.79. The zero-order valence-electron chi connectivity index (χ0n) is 8.88. The topological polar surface area (TPSA) is 20.3 Å². The van der Waals surface area contributed by atoms with Crippen LogP contribution in [0.25, 0.3) is 0 Å². The van der Waals surface area contributed by atoms with Crippen molar-refractivity contribution in [2.24, 2.45) is 0 Å². The van der Waals surface area contributed by atoms with Crippen LogP contribution in [-0.2, 0) is 4.79 Å². The summed E-state index contributed by atoms with van der Waals surface area (Å²) in [5.41, 5.74) is 0. The molecule has 0 saturated heterocycles. The number of nitrogens with zero attached hydrogens (tertiary/aromatic N) is 1. The average Bonchev–Trinajstić information content (AvgIpc) is 2.16. The maximum atomic E-state index is 11.4. The lowest BCUT2D eigenvalue weighted by molar-refractivity contribution is -0.130. The Labute approximate surface area is 81.6 Å². The van der Waals surface area contributed by atoms with Gasteiger partial charge in [-0.2, -0.15) is 0 Å². The summed E-state index contributed by atoms with van der Waals surface area (Å²) in [4.78, 5) is 13.3. The van der Waals surface area contributed by atoms with Crippen LogP contribution in [0.5, 0.6) is 0 Å². The van der Waals surface area contributed by atoms with Gasteiger partial charge in [-0.15, -0.1) is 6.58 Å². The van der Waals surface area contributed by atoms with Gasteiger partial charge in [0.15, 0.2) is 0 Å². The second-order valence-corrected chi connectivity index (χ2v) is 3.19. The molecule has 13 heavy (non-hydrogen) atoms. The summed E-state index contributed by atoms with van der Waals surface area (Å²) in [7, 11) is 0. The van der Waals surface area contributed by atoms with Crippen molar-refractivity contribution in [3.63, 3.8) is 0 Å². The van der Waals surface area contributed by atoms with Crippen LogP contribution >= 0.6 is 0 Å². The highest BCUT2D eigenvalue weighted by Crippen LogP contribution is 2.00. The van der Waals surface area contributed by atoms with E-state index in [9.17, 15) is 4.79 Å². The minimum absolute atomic E-state index is 0.232. The molecule has 0 aliphatic carbocycles. The Bertz CT molecular complexity index is 154. The first-order chi connectivity index (χ1) is 6.26. The van der Waals surface area contributed by atoms with Crippen molar-refractivity contribution in [2.75, 3.05) is 13.1 Å². The molecule has 0 N–H and O–H groups in total. The van der Waals surface area contributed by atoms with Crippen LogP contribution in [0, 0.1) is 0 Å². The summed E-state index contributed by atoms with van der Waals surface area (Å²) in [5, 5.41) is 0. The lowest BCUT2D eigenvalue weighted by atomic mass is 10.2. The van der Waals surface area contributed by atoms with Crippen molar-refractivity contribution >= 4 is 5.91 Å². The van der Waals surface area contributed by atoms with E-state index in [2.05, 4.69) is 13.5 Å². The van der Waals surface area contributed by atoms with Gasteiger partial charge >= 0.3 is 0 Å². The largest absolute Gasteiger partial charge is 0.339 e. The van der Waals surface area contributed by atoms with Gasteiger partial charge in [-0.25, -0.2) is 0 Å². The van der Waals surface area contributed by atoms with Crippen molar-refractivity contribution in [3.05, 3.63) is 12.7 Å². The molecule has 0 saturated carbocycles. The Kier molecular flexibility index (Phi) is 7.36. The number of carbonyl (C=O) groups excluding carboxylic acids is 1. The smallest absolute Gasteiger partial charge is 0.222 e. The second kappa shape index (κ2) is 7.84. The number of hydrogen-bond acceptors (Lipinski definition) is 1. The van der Waals surface area contributed by atoms with E-state index in [0.29, 0.717) is 13.0 Å². The summed E-state index contributed by atoms with van der Waals surface area (Å²) < 4.78 is 0. The fourth-order valence-corrected chi connectivity index (χ4v) is 1.25. The van der Waals surface area contributed by atoms with Gasteiger partial charge in [0.1, 0.15) is 0 Å². The van der Waals surface area contributed by atoms with Gasteiger partial charge in [0.2, 0.25) is 5.91 Å². The maximum absolute atomic E-state index is 11.4. The molecule has 0 unspecified atom stereocenters. The molecule has 0 aliphatic heterocycles. The third kappa shape index (κ3) is 5.45. The Morgan fingerprint density at radius 1 is 1.38 bits per heavy atom. The van der Waals surface area contributed by atoms with Crippen LogP contribution in [0.2, 0.25) is 0 Å². The van der Waals surface area contributed by atoms with Crippen LogP contribution in [-0.4, -0.2) is 23.9 Å². The van der Waals surface area contributed by atoms with E-state index in [1.165, 1.54) is 12.8 Å². The molecule has 0 fully saturated rings. The summed E-state index contributed by atoms with van der Waals surface area (Å²) in [5.74, 6) is 0.232. The van der Waals surface area contributed by atoms with Crippen molar-refractivity contribution in [1.29, 1.82) is 0 Å². The van der Waals surface area contributed by atoms with Gasteiger partial charge in [0, 0.05) is 19.5 Å². The van der Waals surface area contributed by atoms with Crippen molar-refractivity contribution in [3.8, 4) is 0 Å². The molecule has 0 aromatic carbocycles. The standard InChI is InChI=1S/C11H21NO/c1-4-7-8-10-12(9-5-2)11(13)6-3/h5H,2,4,6-10H2,1,3H3. The quantitative estimate of drug-likeness (QED) is 0.439. The molecule has 0 bridgehead atoms. The first kappa shape index (κ1) is 12.2. The molecular formula is C11H21NO. The van der Waals surface area contributed by atoms with Gasteiger partial charge in [0.25, 0.3) is 0 Å². The number of rotatable bonds is 7. The third-order valence-corrected chi connectivity index (χ3v) is 2.04. The van der Waals surface area contributed by atoms with Crippen LogP contribution in [0.3, 0.4) is 0 Å². The Hall–Kier alpha value is -0.790. The van der Waals surface area contributed by atoms with E-state index in [4.69, 9.17) is 0 Å². The molecule has 1 amide bonds. The van der Waals surface area contributed by atoms with E-state index >= 15 is 0 Å². The first-order valence-corrected chi connectivity index (χ1v) is 5.14. The van der Waals surface area contributed by atoms with Crippen LogP contribution in [0.15, 0.2) is 12.7 Å². The summed E-state index contributed by atoms with van der Waals surface area (Å²) in [6.45, 7) is 9.29. The highest BCUT2D eigenvalue weighted by atomic mass is 16.2. The molecule has 0 aromatic heterocycles. The average molecular weight is 183 g/mol. The molecule has 0 radical (unpaired) electrons. The first-order valence-electron chi connectivity index (χ1n) is 5.14. The van der Waals surface area contributed by atoms with E-state index in [1.54, 1.807) is 6.08 Å². The maximum Gasteiger partial charge on any atom is 0.222 e. The number of unbranched alkanes of at least 4 members (excludes halogenated alkanes) is 2. The van der Waals surface area contributed by atoms with E-state index in [0.717, 1.165) is 13.0 Å². The normalized spacial score (nSPS) is 9.69. The molecule has 76 valence electrons. The van der Waals surface area contributed by atoms with Crippen molar-refractivity contribution < 1.29 is 4.79 Å². The predicted molar refractivity (Wildman–Crippen MR) is 56.6 cm³/mol. The minimum atomic E-state index is 0.232. The van der Waals surface area contributed by atoms with Crippen LogP contribution in [0.1, 0.15) is 39.5 Å². The molecule has 0 spiro atoms. The summed E-state index contributed by atoms with van der Waals surface area (Å²) in [6.07, 6.45) is 5.89. The predicted octanol–water partition coefficient (Wildman–Crippen LogP) is 2.60. The zero-order valence-corrected chi connectivity index (χ0v) is 8.88. The third-order valence-electron chi connectivity index (χ3n) is 2.04. The van der Waals surface area contributed by atoms with E-state index in [1.807, 2.05) is 11.8 Å². The fourth-order valence-electron chi connectivity index (χ4n) is 1.25. The molecule has 0 rings (SSSR count). The SMILES string of the molecule is C=CCN(CCCCC)C(=O)CC. The highest BCUT2D eigenvalue weighted by Gasteiger charge is 2.07. The summed E-state index contributed by atoms with van der Waals surface area (Å²) >= 11 is 0. The van der Waals surface area contributed by atoms with Crippen molar-refractivity contribution in [1.82, 2.24) is 4.90 Å². The zero-order chi connectivity index (χ0) is 10.1. The number of hydrogen-bond donors (Lipinski definition) is 0. The summed E-state index contributed by atoms with van der Waals surface area (Å²) in [6, 6.07) is 0. The number of carbonyl (C=O) groups is 1. The minimum Gasteiger partial charge on any atom is -0.339 e. The molecule has 0 atom stereocenters. The van der Waals surface area contributed by atoms with Gasteiger partial charge in [-0.05, 0) is 6.42 Å². The number of amides is 1. The Morgan fingerprint density at radius 3 is 2.54 bits per heavy atom. The van der Waals surface area contributed by atoms with Crippen LogP contribution < -0.4 is 0 Å². The van der Waals surface area contributed by atoms with Gasteiger partial charge in [-0.1, -0.05) is 32.8 Å². The lowest BCUT2D eigenvalue weighted by Gasteiger charge is -2.20. The Morgan fingerprint density at radius 2 is 2.08 bits per heavy atom. The molecular weight excluding hydrogens is 162 g/mol. The lowest BCUT2D eigenvalue weighted by Crippen LogP contribution is -2.31. The van der Waals surface area contributed by atoms with Gasteiger partial charge < -0.3 is 4.90 Å². The molecule has 0 aromatic rings. The van der Waals surface area contributed by atoms with E-state index in [-0.39, 0.29) is 5.91 Å². The highest BCUT2D eigenvalue weighted by molar-refractivity contribution is 5.75. The molecule has 0 aliphatic rings. The molecule has 0 heterocycles. The fraction of sp³-hybridized carbons (Fsp3) is 0.727.